The number of aliphatic hydroxyl groups excluding tert-OH is 1. The van der Waals surface area contributed by atoms with Crippen molar-refractivity contribution in [2.75, 3.05) is 6.61 Å². The average Bonchev–Trinajstić information content (AvgIpc) is 3.35. The standard InChI is InChI=1S/C9H13NO3.C6H2ClF3/c1-2-13-9(12)7(5-11)8(10)6-3-4-6;7-3-1-2-4(8)6(10)5(3)9/h5-6,10-11H,2-4H2,1H3;1-2H. The van der Waals surface area contributed by atoms with Crippen LogP contribution < -0.4 is 0 Å². The molecule has 0 aliphatic heterocycles. The normalized spacial score (nSPS) is 13.9. The van der Waals surface area contributed by atoms with Crippen molar-refractivity contribution < 1.29 is 27.8 Å². The minimum absolute atomic E-state index is 0.00986. The summed E-state index contributed by atoms with van der Waals surface area (Å²) in [5.74, 6) is -4.58. The molecule has 2 N–H and O–H groups in total. The van der Waals surface area contributed by atoms with Gasteiger partial charge in [-0.1, -0.05) is 11.6 Å². The van der Waals surface area contributed by atoms with Crippen LogP contribution in [0.4, 0.5) is 13.2 Å². The lowest BCUT2D eigenvalue weighted by Crippen LogP contribution is -2.16. The summed E-state index contributed by atoms with van der Waals surface area (Å²) in [7, 11) is 0. The van der Waals surface area contributed by atoms with Crippen LogP contribution in [-0.2, 0) is 9.53 Å². The van der Waals surface area contributed by atoms with Crippen LogP contribution >= 0.6 is 11.6 Å². The molecular weight excluding hydrogens is 335 g/mol. The molecule has 0 bridgehead atoms. The fourth-order valence-corrected chi connectivity index (χ4v) is 1.68. The van der Waals surface area contributed by atoms with E-state index in [-0.39, 0.29) is 23.8 Å². The van der Waals surface area contributed by atoms with E-state index in [0.717, 1.165) is 25.0 Å². The second-order valence-corrected chi connectivity index (χ2v) is 5.02. The molecule has 0 aromatic heterocycles. The van der Waals surface area contributed by atoms with Crippen molar-refractivity contribution in [2.45, 2.75) is 19.8 Å². The smallest absolute Gasteiger partial charge is 0.343 e. The first kappa shape index (κ1) is 19.0. The average molecular weight is 350 g/mol. The molecule has 1 aliphatic carbocycles. The van der Waals surface area contributed by atoms with Gasteiger partial charge in [-0.2, -0.15) is 0 Å². The van der Waals surface area contributed by atoms with Gasteiger partial charge in [-0.3, -0.25) is 0 Å². The van der Waals surface area contributed by atoms with Gasteiger partial charge in [-0.15, -0.1) is 0 Å². The molecule has 126 valence electrons. The number of benzene rings is 1. The topological polar surface area (TPSA) is 70.4 Å². The predicted molar refractivity (Wildman–Crippen MR) is 79.1 cm³/mol. The van der Waals surface area contributed by atoms with Crippen LogP contribution in [0.15, 0.2) is 24.0 Å². The Balaban J connectivity index is 0.000000238. The molecule has 1 aromatic carbocycles. The third-order valence-electron chi connectivity index (χ3n) is 2.89. The van der Waals surface area contributed by atoms with Gasteiger partial charge in [0.2, 0.25) is 0 Å². The van der Waals surface area contributed by atoms with E-state index in [4.69, 9.17) is 22.1 Å². The summed E-state index contributed by atoms with van der Waals surface area (Å²) in [6.45, 7) is 1.95. The van der Waals surface area contributed by atoms with Gasteiger partial charge >= 0.3 is 5.97 Å². The first-order valence-electron chi connectivity index (χ1n) is 6.72. The van der Waals surface area contributed by atoms with E-state index in [9.17, 15) is 18.0 Å². The molecule has 0 heterocycles. The van der Waals surface area contributed by atoms with E-state index < -0.39 is 28.4 Å². The predicted octanol–water partition coefficient (Wildman–Crippen LogP) is 4.18. The molecule has 0 saturated heterocycles. The Hall–Kier alpha value is -2.02. The highest BCUT2D eigenvalue weighted by Gasteiger charge is 2.31. The third kappa shape index (κ3) is 5.28. The van der Waals surface area contributed by atoms with Gasteiger partial charge in [0.05, 0.1) is 23.6 Å². The molecule has 0 unspecified atom stereocenters. The van der Waals surface area contributed by atoms with Crippen molar-refractivity contribution in [3.8, 4) is 0 Å². The summed E-state index contributed by atoms with van der Waals surface area (Å²) < 4.78 is 41.2. The minimum atomic E-state index is -1.53. The molecule has 1 saturated carbocycles. The molecule has 0 amide bonds. The molecule has 0 spiro atoms. The molecule has 2 rings (SSSR count). The van der Waals surface area contributed by atoms with Crippen LogP contribution in [0, 0.1) is 28.8 Å². The summed E-state index contributed by atoms with van der Waals surface area (Å²) in [5.41, 5.74) is 0.185. The zero-order chi connectivity index (χ0) is 17.6. The van der Waals surface area contributed by atoms with Crippen LogP contribution in [0.25, 0.3) is 0 Å². The molecule has 1 fully saturated rings. The number of carbonyl (C=O) groups excluding carboxylic acids is 1. The highest BCUT2D eigenvalue weighted by Crippen LogP contribution is 2.32. The number of ether oxygens (including phenoxy) is 1. The zero-order valence-corrected chi connectivity index (χ0v) is 13.0. The molecule has 23 heavy (non-hydrogen) atoms. The zero-order valence-electron chi connectivity index (χ0n) is 12.2. The number of nitrogens with one attached hydrogen (secondary N) is 1. The lowest BCUT2D eigenvalue weighted by atomic mass is 10.1. The molecule has 0 radical (unpaired) electrons. The van der Waals surface area contributed by atoms with Crippen molar-refractivity contribution in [1.82, 2.24) is 0 Å². The van der Waals surface area contributed by atoms with Gasteiger partial charge in [0.15, 0.2) is 17.5 Å². The fraction of sp³-hybridized carbons (Fsp3) is 0.333. The molecule has 8 heteroatoms. The van der Waals surface area contributed by atoms with E-state index in [1.165, 1.54) is 0 Å². The highest BCUT2D eigenvalue weighted by atomic mass is 35.5. The van der Waals surface area contributed by atoms with E-state index in [1.54, 1.807) is 6.92 Å². The van der Waals surface area contributed by atoms with Crippen LogP contribution in [0.1, 0.15) is 19.8 Å². The molecule has 1 aliphatic rings. The summed E-state index contributed by atoms with van der Waals surface area (Å²) in [6.07, 6.45) is 2.52. The fourth-order valence-electron chi connectivity index (χ4n) is 1.54. The maximum absolute atomic E-state index is 12.2. The van der Waals surface area contributed by atoms with Crippen molar-refractivity contribution in [3.05, 3.63) is 46.4 Å². The second kappa shape index (κ2) is 8.57. The minimum Gasteiger partial charge on any atom is -0.515 e. The molecular formula is C15H15ClF3NO3. The van der Waals surface area contributed by atoms with Crippen LogP contribution in [-0.4, -0.2) is 23.4 Å². The van der Waals surface area contributed by atoms with E-state index in [1.807, 2.05) is 0 Å². The van der Waals surface area contributed by atoms with Crippen LogP contribution in [0.5, 0.6) is 0 Å². The van der Waals surface area contributed by atoms with Gasteiger partial charge in [0, 0.05) is 5.92 Å². The number of rotatable bonds is 4. The highest BCUT2D eigenvalue weighted by molar-refractivity contribution is 6.30. The molecule has 4 nitrogen and oxygen atoms in total. The molecule has 0 atom stereocenters. The van der Waals surface area contributed by atoms with Crippen molar-refractivity contribution in [3.63, 3.8) is 0 Å². The van der Waals surface area contributed by atoms with Crippen molar-refractivity contribution in [1.29, 1.82) is 5.41 Å². The Morgan fingerprint density at radius 3 is 2.43 bits per heavy atom. The van der Waals surface area contributed by atoms with Gasteiger partial charge < -0.3 is 15.3 Å². The van der Waals surface area contributed by atoms with Crippen LogP contribution in [0.2, 0.25) is 5.02 Å². The summed E-state index contributed by atoms with van der Waals surface area (Å²) >= 11 is 5.10. The number of halogens is 4. The lowest BCUT2D eigenvalue weighted by molar-refractivity contribution is -0.138. The van der Waals surface area contributed by atoms with E-state index >= 15 is 0 Å². The number of esters is 1. The first-order chi connectivity index (χ1) is 10.8. The Morgan fingerprint density at radius 2 is 2.00 bits per heavy atom. The summed E-state index contributed by atoms with van der Waals surface area (Å²) in [5, 5.41) is 15.9. The van der Waals surface area contributed by atoms with Gasteiger partial charge in [0.25, 0.3) is 0 Å². The Kier molecular flexibility index (Phi) is 7.09. The summed E-state index contributed by atoms with van der Waals surface area (Å²) in [4.78, 5) is 11.2. The third-order valence-corrected chi connectivity index (χ3v) is 3.18. The SMILES string of the molecule is CCOC(=O)C(=CO)C(=N)C1CC1.Fc1ccc(Cl)c(F)c1F. The van der Waals surface area contributed by atoms with Gasteiger partial charge in [-0.25, -0.2) is 18.0 Å². The Bertz CT molecular complexity index is 604. The van der Waals surface area contributed by atoms with Crippen LogP contribution in [0.3, 0.4) is 0 Å². The monoisotopic (exact) mass is 349 g/mol. The largest absolute Gasteiger partial charge is 0.515 e. The van der Waals surface area contributed by atoms with Gasteiger partial charge in [0.1, 0.15) is 5.57 Å². The quantitative estimate of drug-likeness (QED) is 0.214. The molecule has 1 aromatic rings. The lowest BCUT2D eigenvalue weighted by Gasteiger charge is -2.05. The van der Waals surface area contributed by atoms with Crippen molar-refractivity contribution >= 4 is 23.3 Å². The maximum atomic E-state index is 12.2. The Labute approximate surface area is 136 Å². The maximum Gasteiger partial charge on any atom is 0.343 e. The second-order valence-electron chi connectivity index (χ2n) is 4.61. The number of carbonyl (C=O) groups is 1. The number of hydrogen-bond acceptors (Lipinski definition) is 4. The number of aliphatic hydroxyl groups is 1. The van der Waals surface area contributed by atoms with E-state index in [2.05, 4.69) is 4.74 Å². The first-order valence-corrected chi connectivity index (χ1v) is 7.10. The Morgan fingerprint density at radius 1 is 1.39 bits per heavy atom. The number of hydrogen-bond donors (Lipinski definition) is 2. The van der Waals surface area contributed by atoms with Gasteiger partial charge in [-0.05, 0) is 31.9 Å². The summed E-state index contributed by atoms with van der Waals surface area (Å²) in [6, 6.07) is 1.72. The van der Waals surface area contributed by atoms with Crippen molar-refractivity contribution in [2.24, 2.45) is 5.92 Å². The van der Waals surface area contributed by atoms with E-state index in [0.29, 0.717) is 6.26 Å².